The first-order valence-electron chi connectivity index (χ1n) is 3.56. The smallest absolute Gasteiger partial charge is 0.251 e. The van der Waals surface area contributed by atoms with E-state index in [-0.39, 0.29) is 13.0 Å². The van der Waals surface area contributed by atoms with Crippen molar-refractivity contribution in [1.29, 1.82) is 16.1 Å². The summed E-state index contributed by atoms with van der Waals surface area (Å²) < 4.78 is 0. The Labute approximate surface area is 70.7 Å². The van der Waals surface area contributed by atoms with Gasteiger partial charge in [0.15, 0.2) is 0 Å². The Morgan fingerprint density at radius 1 is 1.33 bits per heavy atom. The van der Waals surface area contributed by atoms with Crippen LogP contribution in [-0.4, -0.2) is 17.3 Å². The predicted octanol–water partition coefficient (Wildman–Crippen LogP) is 0.966. The summed E-state index contributed by atoms with van der Waals surface area (Å²) in [4.78, 5) is 0. The number of hydrogen-bond acceptors (Lipinski definition) is 5. The molecular weight excluding hydrogens is 156 g/mol. The topological polar surface area (TPSA) is 104 Å². The standard InChI is InChI=1S/C7H10N4O/c8-5-7(6-9,11-10)3-1-2-4-12/h10,12H,1-4H2. The third kappa shape index (κ3) is 2.65. The van der Waals surface area contributed by atoms with Gasteiger partial charge in [-0.25, -0.2) is 5.53 Å². The predicted molar refractivity (Wildman–Crippen MR) is 40.0 cm³/mol. The first-order chi connectivity index (χ1) is 5.74. The van der Waals surface area contributed by atoms with E-state index >= 15 is 0 Å². The van der Waals surface area contributed by atoms with E-state index in [2.05, 4.69) is 5.11 Å². The monoisotopic (exact) mass is 166 g/mol. The van der Waals surface area contributed by atoms with Crippen LogP contribution in [0.5, 0.6) is 0 Å². The molecule has 2 N–H and O–H groups in total. The lowest BCUT2D eigenvalue weighted by Crippen LogP contribution is -2.20. The molecule has 0 aliphatic carbocycles. The van der Waals surface area contributed by atoms with Crippen molar-refractivity contribution in [3.63, 3.8) is 0 Å². The van der Waals surface area contributed by atoms with Crippen LogP contribution in [0.15, 0.2) is 5.11 Å². The SMILES string of the molecule is N#CC(C#N)(CCCCO)N=N. The van der Waals surface area contributed by atoms with Crippen LogP contribution in [0.4, 0.5) is 0 Å². The summed E-state index contributed by atoms with van der Waals surface area (Å²) in [6.45, 7) is 0.0327. The van der Waals surface area contributed by atoms with Gasteiger partial charge in [-0.3, -0.25) is 0 Å². The molecular formula is C7H10N4O. The minimum Gasteiger partial charge on any atom is -0.396 e. The van der Waals surface area contributed by atoms with E-state index in [1.165, 1.54) is 0 Å². The second-order valence-electron chi connectivity index (χ2n) is 2.38. The third-order valence-electron chi connectivity index (χ3n) is 1.51. The summed E-state index contributed by atoms with van der Waals surface area (Å²) in [5, 5.41) is 28.5. The van der Waals surface area contributed by atoms with Crippen molar-refractivity contribution >= 4 is 0 Å². The highest BCUT2D eigenvalue weighted by molar-refractivity contribution is 5.20. The summed E-state index contributed by atoms with van der Waals surface area (Å²) in [7, 11) is 0. The minimum absolute atomic E-state index is 0.0327. The lowest BCUT2D eigenvalue weighted by atomic mass is 9.97. The van der Waals surface area contributed by atoms with Crippen molar-refractivity contribution in [2.75, 3.05) is 6.61 Å². The number of aliphatic hydroxyl groups excluding tert-OH is 1. The molecule has 0 saturated heterocycles. The van der Waals surface area contributed by atoms with Crippen LogP contribution in [0, 0.1) is 28.2 Å². The van der Waals surface area contributed by atoms with Crippen LogP contribution in [0.2, 0.25) is 0 Å². The molecule has 0 aromatic heterocycles. The molecule has 0 radical (unpaired) electrons. The number of nitrogens with zero attached hydrogens (tertiary/aromatic N) is 3. The molecule has 0 spiro atoms. The molecule has 0 aromatic rings. The highest BCUT2D eigenvalue weighted by Crippen LogP contribution is 2.16. The van der Waals surface area contributed by atoms with Crippen LogP contribution >= 0.6 is 0 Å². The van der Waals surface area contributed by atoms with Crippen LogP contribution < -0.4 is 0 Å². The zero-order valence-electron chi connectivity index (χ0n) is 6.62. The molecule has 0 atom stereocenters. The quantitative estimate of drug-likeness (QED) is 0.469. The Morgan fingerprint density at radius 3 is 2.25 bits per heavy atom. The maximum Gasteiger partial charge on any atom is 0.251 e. The molecule has 0 aromatic carbocycles. The van der Waals surface area contributed by atoms with Crippen molar-refractivity contribution in [2.45, 2.75) is 24.8 Å². The molecule has 0 aliphatic rings. The van der Waals surface area contributed by atoms with Gasteiger partial charge in [0.25, 0.3) is 5.54 Å². The second-order valence-corrected chi connectivity index (χ2v) is 2.38. The van der Waals surface area contributed by atoms with Gasteiger partial charge in [0.05, 0.1) is 0 Å². The van der Waals surface area contributed by atoms with Crippen LogP contribution in [0.25, 0.3) is 0 Å². The zero-order valence-corrected chi connectivity index (χ0v) is 6.62. The summed E-state index contributed by atoms with van der Waals surface area (Å²) in [6, 6.07) is 3.35. The summed E-state index contributed by atoms with van der Waals surface area (Å²) in [5.74, 6) is 0. The van der Waals surface area contributed by atoms with Crippen molar-refractivity contribution < 1.29 is 5.11 Å². The van der Waals surface area contributed by atoms with E-state index in [9.17, 15) is 0 Å². The first kappa shape index (κ1) is 10.5. The highest BCUT2D eigenvalue weighted by Gasteiger charge is 2.28. The van der Waals surface area contributed by atoms with E-state index in [1.807, 2.05) is 0 Å². The Balaban J connectivity index is 4.08. The number of nitrogens with one attached hydrogen (secondary N) is 1. The van der Waals surface area contributed by atoms with E-state index in [0.29, 0.717) is 12.8 Å². The number of aliphatic hydroxyl groups is 1. The maximum absolute atomic E-state index is 8.53. The zero-order chi connectivity index (χ0) is 9.45. The Morgan fingerprint density at radius 2 is 1.92 bits per heavy atom. The van der Waals surface area contributed by atoms with Gasteiger partial charge in [-0.1, -0.05) is 0 Å². The lowest BCUT2D eigenvalue weighted by Gasteiger charge is -2.09. The fraction of sp³-hybridized carbons (Fsp3) is 0.714. The average molecular weight is 166 g/mol. The molecule has 12 heavy (non-hydrogen) atoms. The van der Waals surface area contributed by atoms with Gasteiger partial charge < -0.3 is 5.11 Å². The Hall–Kier alpha value is -1.46. The second kappa shape index (κ2) is 5.22. The normalized spacial score (nSPS) is 9.92. The van der Waals surface area contributed by atoms with Gasteiger partial charge in [-0.15, -0.1) is 0 Å². The molecule has 0 rings (SSSR count). The molecule has 0 unspecified atom stereocenters. The van der Waals surface area contributed by atoms with Gasteiger partial charge in [0.1, 0.15) is 12.1 Å². The molecule has 0 aliphatic heterocycles. The Kier molecular flexibility index (Phi) is 4.59. The molecule has 5 nitrogen and oxygen atoms in total. The van der Waals surface area contributed by atoms with Gasteiger partial charge >= 0.3 is 0 Å². The van der Waals surface area contributed by atoms with Crippen LogP contribution in [0.3, 0.4) is 0 Å². The van der Waals surface area contributed by atoms with Gasteiger partial charge in [0, 0.05) is 13.0 Å². The van der Waals surface area contributed by atoms with Crippen LogP contribution in [0.1, 0.15) is 19.3 Å². The molecule has 0 saturated carbocycles. The average Bonchev–Trinajstić information content (AvgIpc) is 2.14. The number of hydrogen-bond donors (Lipinski definition) is 2. The van der Waals surface area contributed by atoms with Gasteiger partial charge in [-0.2, -0.15) is 15.6 Å². The number of nitriles is 2. The number of unbranched alkanes of at least 4 members (excludes halogenated alkanes) is 1. The fourth-order valence-corrected chi connectivity index (χ4v) is 0.735. The minimum atomic E-state index is -1.53. The van der Waals surface area contributed by atoms with Crippen molar-refractivity contribution in [3.05, 3.63) is 0 Å². The first-order valence-corrected chi connectivity index (χ1v) is 3.56. The maximum atomic E-state index is 8.53. The van der Waals surface area contributed by atoms with Crippen molar-refractivity contribution in [2.24, 2.45) is 5.11 Å². The molecule has 0 bridgehead atoms. The van der Waals surface area contributed by atoms with Gasteiger partial charge in [-0.05, 0) is 12.8 Å². The summed E-state index contributed by atoms with van der Waals surface area (Å²) >= 11 is 0. The largest absolute Gasteiger partial charge is 0.396 e. The molecule has 0 heterocycles. The fourth-order valence-electron chi connectivity index (χ4n) is 0.735. The van der Waals surface area contributed by atoms with E-state index in [1.54, 1.807) is 12.1 Å². The lowest BCUT2D eigenvalue weighted by molar-refractivity contribution is 0.280. The van der Waals surface area contributed by atoms with E-state index < -0.39 is 5.54 Å². The molecule has 0 amide bonds. The third-order valence-corrected chi connectivity index (χ3v) is 1.51. The van der Waals surface area contributed by atoms with E-state index in [4.69, 9.17) is 21.2 Å². The van der Waals surface area contributed by atoms with E-state index in [0.717, 1.165) is 0 Å². The summed E-state index contributed by atoms with van der Waals surface area (Å²) in [6.07, 6.45) is 1.27. The Bertz CT molecular complexity index is 211. The van der Waals surface area contributed by atoms with Crippen molar-refractivity contribution in [1.82, 2.24) is 0 Å². The number of rotatable bonds is 5. The van der Waals surface area contributed by atoms with Gasteiger partial charge in [0.2, 0.25) is 0 Å². The summed E-state index contributed by atoms with van der Waals surface area (Å²) in [5.41, 5.74) is 5.13. The molecule has 5 heteroatoms. The molecule has 64 valence electrons. The van der Waals surface area contributed by atoms with Crippen molar-refractivity contribution in [3.8, 4) is 12.1 Å². The van der Waals surface area contributed by atoms with Crippen LogP contribution in [-0.2, 0) is 0 Å². The molecule has 0 fully saturated rings. The highest BCUT2D eigenvalue weighted by atomic mass is 16.2.